The lowest BCUT2D eigenvalue weighted by molar-refractivity contribution is 0.0699. The number of carboxylic acid groups (broad SMARTS) is 1. The van der Waals surface area contributed by atoms with Gasteiger partial charge in [0.05, 0.1) is 21.5 Å². The number of hydrogen-bond acceptors (Lipinski definition) is 4. The van der Waals surface area contributed by atoms with Crippen molar-refractivity contribution in [3.8, 4) is 0 Å². The van der Waals surface area contributed by atoms with E-state index in [0.717, 1.165) is 10.3 Å². The second-order valence-corrected chi connectivity index (χ2v) is 3.87. The Hall–Kier alpha value is -1.62. The zero-order valence-electron chi connectivity index (χ0n) is 7.44. The molecule has 2 aromatic heterocycles. The summed E-state index contributed by atoms with van der Waals surface area (Å²) in [6.07, 6.45) is 1.59. The molecule has 0 aliphatic rings. The summed E-state index contributed by atoms with van der Waals surface area (Å²) in [5, 5.41) is 10.4. The monoisotopic (exact) mass is 208 g/mol. The van der Waals surface area contributed by atoms with Crippen LogP contribution in [0, 0.1) is 6.92 Å². The number of aromatic nitrogens is 1. The van der Waals surface area contributed by atoms with Gasteiger partial charge in [-0.2, -0.15) is 0 Å². The van der Waals surface area contributed by atoms with Crippen LogP contribution < -0.4 is 5.73 Å². The van der Waals surface area contributed by atoms with Gasteiger partial charge in [0.2, 0.25) is 0 Å². The number of rotatable bonds is 1. The summed E-state index contributed by atoms with van der Waals surface area (Å²) in [5.74, 6) is -0.966. The zero-order valence-corrected chi connectivity index (χ0v) is 8.26. The van der Waals surface area contributed by atoms with E-state index in [1.807, 2.05) is 6.92 Å². The number of nitrogens with zero attached hydrogens (tertiary/aromatic N) is 1. The summed E-state index contributed by atoms with van der Waals surface area (Å²) < 4.78 is 0.752. The number of fused-ring (bicyclic) bond motifs is 1. The maximum atomic E-state index is 10.8. The Kier molecular flexibility index (Phi) is 1.89. The molecular weight excluding hydrogens is 200 g/mol. The van der Waals surface area contributed by atoms with Gasteiger partial charge in [-0.15, -0.1) is 11.3 Å². The minimum Gasteiger partial charge on any atom is -0.478 e. The highest BCUT2D eigenvalue weighted by atomic mass is 32.1. The number of carboxylic acids is 1. The van der Waals surface area contributed by atoms with Crippen molar-refractivity contribution in [2.75, 3.05) is 5.73 Å². The fourth-order valence-corrected chi connectivity index (χ4v) is 2.24. The third-order valence-electron chi connectivity index (χ3n) is 2.05. The third-order valence-corrected chi connectivity index (χ3v) is 3.05. The Balaban J connectivity index is 2.83. The summed E-state index contributed by atoms with van der Waals surface area (Å²) >= 11 is 1.31. The molecule has 0 amide bonds. The van der Waals surface area contributed by atoms with E-state index in [9.17, 15) is 4.79 Å². The largest absolute Gasteiger partial charge is 0.478 e. The number of pyridine rings is 1. The molecule has 0 aromatic carbocycles. The minimum atomic E-state index is -0.966. The van der Waals surface area contributed by atoms with Crippen LogP contribution in [0.25, 0.3) is 10.2 Å². The van der Waals surface area contributed by atoms with Crippen molar-refractivity contribution in [3.63, 3.8) is 0 Å². The molecule has 2 heterocycles. The zero-order chi connectivity index (χ0) is 10.3. The molecule has 0 spiro atoms. The second kappa shape index (κ2) is 2.95. The highest BCUT2D eigenvalue weighted by molar-refractivity contribution is 7.18. The van der Waals surface area contributed by atoms with Crippen LogP contribution in [0.3, 0.4) is 0 Å². The molecule has 0 saturated heterocycles. The maximum Gasteiger partial charge on any atom is 0.338 e. The molecular formula is C9H8N2O2S. The predicted molar refractivity (Wildman–Crippen MR) is 55.7 cm³/mol. The molecule has 2 rings (SSSR count). The molecule has 0 fully saturated rings. The molecule has 0 bridgehead atoms. The first-order valence-corrected chi connectivity index (χ1v) is 4.85. The van der Waals surface area contributed by atoms with Gasteiger partial charge < -0.3 is 10.8 Å². The lowest BCUT2D eigenvalue weighted by Crippen LogP contribution is -1.97. The molecule has 14 heavy (non-hydrogen) atoms. The van der Waals surface area contributed by atoms with Crippen molar-refractivity contribution < 1.29 is 9.90 Å². The Morgan fingerprint density at radius 1 is 1.64 bits per heavy atom. The SMILES string of the molecule is Cc1cnc2c(C(=O)O)csc2c1N. The van der Waals surface area contributed by atoms with Gasteiger partial charge in [-0.3, -0.25) is 4.98 Å². The van der Waals surface area contributed by atoms with Gasteiger partial charge in [0.1, 0.15) is 0 Å². The first-order valence-electron chi connectivity index (χ1n) is 3.97. The van der Waals surface area contributed by atoms with E-state index < -0.39 is 5.97 Å². The number of aromatic carboxylic acids is 1. The Morgan fingerprint density at radius 2 is 2.36 bits per heavy atom. The fourth-order valence-electron chi connectivity index (χ4n) is 1.23. The first kappa shape index (κ1) is 8.96. The number of carbonyl (C=O) groups is 1. The molecule has 0 saturated carbocycles. The van der Waals surface area contributed by atoms with Crippen LogP contribution in [0.4, 0.5) is 5.69 Å². The molecule has 0 radical (unpaired) electrons. The van der Waals surface area contributed by atoms with Gasteiger partial charge in [-0.05, 0) is 12.5 Å². The topological polar surface area (TPSA) is 76.2 Å². The second-order valence-electron chi connectivity index (χ2n) is 2.99. The Labute approximate surface area is 84.0 Å². The number of hydrogen-bond donors (Lipinski definition) is 2. The fraction of sp³-hybridized carbons (Fsp3) is 0.111. The molecule has 5 heteroatoms. The molecule has 0 unspecified atom stereocenters. The number of thiophene rings is 1. The number of nitrogens with two attached hydrogens (primary N) is 1. The van der Waals surface area contributed by atoms with Crippen molar-refractivity contribution in [2.45, 2.75) is 6.92 Å². The standard InChI is InChI=1S/C9H8N2O2S/c1-4-2-11-7-5(9(12)13)3-14-8(7)6(4)10/h2-3H,1H3,(H2,10,11)(H,12,13). The van der Waals surface area contributed by atoms with Crippen LogP contribution >= 0.6 is 11.3 Å². The highest BCUT2D eigenvalue weighted by Gasteiger charge is 2.14. The van der Waals surface area contributed by atoms with E-state index in [1.54, 1.807) is 11.6 Å². The highest BCUT2D eigenvalue weighted by Crippen LogP contribution is 2.30. The van der Waals surface area contributed by atoms with Crippen LogP contribution in [0.2, 0.25) is 0 Å². The van der Waals surface area contributed by atoms with E-state index in [2.05, 4.69) is 4.98 Å². The van der Waals surface area contributed by atoms with Crippen molar-refractivity contribution in [1.29, 1.82) is 0 Å². The summed E-state index contributed by atoms with van der Waals surface area (Å²) in [7, 11) is 0. The predicted octanol–water partition coefficient (Wildman–Crippen LogP) is 1.89. The molecule has 0 atom stereocenters. The molecule has 0 aliphatic heterocycles. The van der Waals surface area contributed by atoms with E-state index >= 15 is 0 Å². The van der Waals surface area contributed by atoms with Crippen LogP contribution in [0.15, 0.2) is 11.6 Å². The van der Waals surface area contributed by atoms with Gasteiger partial charge in [0.15, 0.2) is 0 Å². The molecule has 3 N–H and O–H groups in total. The van der Waals surface area contributed by atoms with Crippen LogP contribution in [0.1, 0.15) is 15.9 Å². The number of nitrogen functional groups attached to an aromatic ring is 1. The maximum absolute atomic E-state index is 10.8. The number of aryl methyl sites for hydroxylation is 1. The van der Waals surface area contributed by atoms with E-state index in [1.165, 1.54) is 11.3 Å². The lowest BCUT2D eigenvalue weighted by Gasteiger charge is -1.99. The van der Waals surface area contributed by atoms with Gasteiger partial charge in [-0.1, -0.05) is 0 Å². The van der Waals surface area contributed by atoms with E-state index in [4.69, 9.17) is 10.8 Å². The Morgan fingerprint density at radius 3 is 3.00 bits per heavy atom. The minimum absolute atomic E-state index is 0.219. The summed E-state index contributed by atoms with van der Waals surface area (Å²) in [6.45, 7) is 1.85. The lowest BCUT2D eigenvalue weighted by atomic mass is 10.2. The summed E-state index contributed by atoms with van der Waals surface area (Å²) in [4.78, 5) is 14.9. The van der Waals surface area contributed by atoms with Crippen LogP contribution in [-0.2, 0) is 0 Å². The molecule has 0 aliphatic carbocycles. The Bertz CT molecular complexity index is 519. The van der Waals surface area contributed by atoms with E-state index in [-0.39, 0.29) is 5.56 Å². The van der Waals surface area contributed by atoms with Crippen molar-refractivity contribution in [1.82, 2.24) is 4.98 Å². The molecule has 72 valence electrons. The summed E-state index contributed by atoms with van der Waals surface area (Å²) in [6, 6.07) is 0. The average Bonchev–Trinajstić information content (AvgIpc) is 2.55. The van der Waals surface area contributed by atoms with Gasteiger partial charge >= 0.3 is 5.97 Å². The molecule has 4 nitrogen and oxygen atoms in total. The van der Waals surface area contributed by atoms with Crippen molar-refractivity contribution in [2.24, 2.45) is 0 Å². The third kappa shape index (κ3) is 1.13. The smallest absolute Gasteiger partial charge is 0.338 e. The van der Waals surface area contributed by atoms with Crippen LogP contribution in [-0.4, -0.2) is 16.1 Å². The molecule has 2 aromatic rings. The van der Waals surface area contributed by atoms with Crippen molar-refractivity contribution in [3.05, 3.63) is 22.7 Å². The van der Waals surface area contributed by atoms with E-state index in [0.29, 0.717) is 11.2 Å². The van der Waals surface area contributed by atoms with Gasteiger partial charge in [-0.25, -0.2) is 4.79 Å². The van der Waals surface area contributed by atoms with Gasteiger partial charge in [0, 0.05) is 11.6 Å². The summed E-state index contributed by atoms with van der Waals surface area (Å²) in [5.41, 5.74) is 8.00. The first-order chi connectivity index (χ1) is 6.61. The average molecular weight is 208 g/mol. The van der Waals surface area contributed by atoms with Gasteiger partial charge in [0.25, 0.3) is 0 Å². The van der Waals surface area contributed by atoms with Crippen LogP contribution in [0.5, 0.6) is 0 Å². The number of anilines is 1. The quantitative estimate of drug-likeness (QED) is 0.750. The van der Waals surface area contributed by atoms with Crippen molar-refractivity contribution >= 4 is 33.2 Å². The normalized spacial score (nSPS) is 10.6.